The van der Waals surface area contributed by atoms with Gasteiger partial charge in [-0.15, -0.1) is 0 Å². The van der Waals surface area contributed by atoms with E-state index in [9.17, 15) is 0 Å². The van der Waals surface area contributed by atoms with Crippen LogP contribution in [0.25, 0.3) is 49.7 Å². The lowest BCUT2D eigenvalue weighted by Crippen LogP contribution is -2.04. The summed E-state index contributed by atoms with van der Waals surface area (Å²) < 4.78 is 0. The third-order valence-corrected chi connectivity index (χ3v) is 8.52. The lowest BCUT2D eigenvalue weighted by atomic mass is 9.86. The normalized spacial score (nSPS) is 16.9. The summed E-state index contributed by atoms with van der Waals surface area (Å²) in [5.74, 6) is 0.472. The van der Waals surface area contributed by atoms with E-state index < -0.39 is 0 Å². The molecule has 200 valence electrons. The predicted octanol–water partition coefficient (Wildman–Crippen LogP) is 9.20. The molecule has 0 aromatic carbocycles. The zero-order valence-electron chi connectivity index (χ0n) is 23.8. The van der Waals surface area contributed by atoms with Crippen LogP contribution in [0.3, 0.4) is 0 Å². The van der Waals surface area contributed by atoms with Gasteiger partial charge in [-0.2, -0.15) is 0 Å². The first-order chi connectivity index (χ1) is 18.8. The molecule has 5 rings (SSSR count). The fourth-order valence-electron chi connectivity index (χ4n) is 6.10. The largest absolute Gasteiger partial charge is 0.355 e. The minimum Gasteiger partial charge on any atom is -0.355 e. The predicted molar refractivity (Wildman–Crippen MR) is 162 cm³/mol. The summed E-state index contributed by atoms with van der Waals surface area (Å²) in [5, 5.41) is 3.77. The molecule has 7 heteroatoms. The quantitative estimate of drug-likeness (QED) is 0.147. The Balaban J connectivity index is 1.87. The number of hydrogen-bond acceptors (Lipinski definition) is 3. The maximum Gasteiger partial charge on any atom is 0.0693 e. The first kappa shape index (κ1) is 26.5. The first-order valence-electron chi connectivity index (χ1n) is 13.8. The fraction of sp³-hybridized carbons (Fsp3) is 0.375. The van der Waals surface area contributed by atoms with Gasteiger partial charge in [-0.05, 0) is 105 Å². The van der Waals surface area contributed by atoms with E-state index in [2.05, 4.69) is 92.4 Å². The van der Waals surface area contributed by atoms with Gasteiger partial charge in [0.15, 0.2) is 0 Å². The SMILES string of the molecule is C=Cc1c(C)c2cc3nc(c(C)c4cc(C)c(cc5nc(cc1[nH]2)C(C)=C5CC)[nH]4)[C@@H](CCCN=[N+]=[N-])[C@@H]3C. The molecular formula is C32H37N7. The van der Waals surface area contributed by atoms with E-state index in [0.29, 0.717) is 6.54 Å². The molecule has 2 aliphatic heterocycles. The average molecular weight is 520 g/mol. The third kappa shape index (κ3) is 4.68. The second-order valence-corrected chi connectivity index (χ2v) is 10.8. The lowest BCUT2D eigenvalue weighted by molar-refractivity contribution is 0.537. The number of aromatic amines is 2. The van der Waals surface area contributed by atoms with Crippen LogP contribution in [0.1, 0.15) is 96.9 Å². The Kier molecular flexibility index (Phi) is 7.19. The number of allylic oxidation sites excluding steroid dienone is 2. The minimum atomic E-state index is 0.231. The number of rotatable bonds is 6. The molecule has 0 aliphatic carbocycles. The summed E-state index contributed by atoms with van der Waals surface area (Å²) in [5.41, 5.74) is 24.2. The van der Waals surface area contributed by atoms with E-state index >= 15 is 0 Å². The highest BCUT2D eigenvalue weighted by atomic mass is 15.1. The van der Waals surface area contributed by atoms with Gasteiger partial charge in [-0.3, -0.25) is 4.98 Å². The number of hydrogen-bond donors (Lipinski definition) is 2. The molecule has 0 spiro atoms. The standard InChI is InChI=1S/C32H37N7/c1-8-22-19(5)28-16-31-23(9-2)18(4)27(36-31)15-29-20(6)24(11-10-12-34-39-33)32(38-29)21(7)26-13-17(3)25(35-26)14-30(22)37-28/h9,13-16,20,24,35-36H,2,8,10-12H2,1,3-7H3/t20-,24-/m0/s1. The molecule has 5 heterocycles. The van der Waals surface area contributed by atoms with Crippen LogP contribution in [0, 0.1) is 20.8 Å². The number of aryl methyl sites for hydroxylation is 3. The second kappa shape index (κ2) is 10.6. The maximum absolute atomic E-state index is 8.75. The zero-order chi connectivity index (χ0) is 27.8. The molecule has 0 saturated heterocycles. The Morgan fingerprint density at radius 3 is 2.41 bits per heavy atom. The highest BCUT2D eigenvalue weighted by molar-refractivity contribution is 5.93. The minimum absolute atomic E-state index is 0.231. The molecule has 2 atom stereocenters. The number of fused-ring (bicyclic) bond motifs is 8. The first-order valence-corrected chi connectivity index (χ1v) is 13.8. The summed E-state index contributed by atoms with van der Waals surface area (Å²) in [7, 11) is 0. The molecule has 39 heavy (non-hydrogen) atoms. The van der Waals surface area contributed by atoms with Crippen molar-refractivity contribution in [3.05, 3.63) is 86.3 Å². The molecule has 2 N–H and O–H groups in total. The summed E-state index contributed by atoms with van der Waals surface area (Å²) >= 11 is 0. The molecule has 3 aromatic rings. The Hall–Kier alpha value is -4.09. The van der Waals surface area contributed by atoms with Crippen LogP contribution in [-0.2, 0) is 0 Å². The van der Waals surface area contributed by atoms with Crippen molar-refractivity contribution in [1.29, 1.82) is 0 Å². The van der Waals surface area contributed by atoms with Crippen LogP contribution in [0.5, 0.6) is 0 Å². The van der Waals surface area contributed by atoms with Crippen LogP contribution in [-0.4, -0.2) is 26.5 Å². The topological polar surface area (TPSA) is 106 Å². The summed E-state index contributed by atoms with van der Waals surface area (Å²) in [4.78, 5) is 20.6. The van der Waals surface area contributed by atoms with Crippen LogP contribution >= 0.6 is 0 Å². The Morgan fingerprint density at radius 1 is 0.974 bits per heavy atom. The van der Waals surface area contributed by atoms with Gasteiger partial charge in [-0.1, -0.05) is 31.6 Å². The van der Waals surface area contributed by atoms with Crippen molar-refractivity contribution in [3.8, 4) is 0 Å². The monoisotopic (exact) mass is 519 g/mol. The molecular weight excluding hydrogens is 482 g/mol. The molecule has 0 saturated carbocycles. The van der Waals surface area contributed by atoms with Gasteiger partial charge >= 0.3 is 0 Å². The van der Waals surface area contributed by atoms with Gasteiger partial charge in [0.25, 0.3) is 0 Å². The second-order valence-electron chi connectivity index (χ2n) is 10.8. The van der Waals surface area contributed by atoms with E-state index in [1.807, 2.05) is 6.08 Å². The smallest absolute Gasteiger partial charge is 0.0693 e. The zero-order valence-corrected chi connectivity index (χ0v) is 23.8. The van der Waals surface area contributed by atoms with Crippen molar-refractivity contribution in [3.63, 3.8) is 0 Å². The van der Waals surface area contributed by atoms with Gasteiger partial charge < -0.3 is 9.97 Å². The van der Waals surface area contributed by atoms with Crippen molar-refractivity contribution in [2.75, 3.05) is 6.54 Å². The highest BCUT2D eigenvalue weighted by Crippen LogP contribution is 2.42. The molecule has 0 amide bonds. The number of azide groups is 1. The van der Waals surface area contributed by atoms with Crippen molar-refractivity contribution >= 4 is 39.3 Å². The van der Waals surface area contributed by atoms with Crippen molar-refractivity contribution in [2.45, 2.75) is 72.6 Å². The van der Waals surface area contributed by atoms with Crippen LogP contribution in [0.2, 0.25) is 0 Å². The van der Waals surface area contributed by atoms with Gasteiger partial charge in [0, 0.05) is 62.3 Å². The molecule has 7 nitrogen and oxygen atoms in total. The molecule has 8 bridgehead atoms. The van der Waals surface area contributed by atoms with E-state index in [1.54, 1.807) is 0 Å². The fourth-order valence-corrected chi connectivity index (χ4v) is 6.10. The molecule has 2 aliphatic rings. The lowest BCUT2D eigenvalue weighted by Gasteiger charge is -2.16. The Labute approximate surface area is 229 Å². The van der Waals surface area contributed by atoms with Crippen molar-refractivity contribution in [2.24, 2.45) is 5.11 Å². The average Bonchev–Trinajstić information content (AvgIpc) is 3.61. The van der Waals surface area contributed by atoms with Crippen molar-refractivity contribution < 1.29 is 0 Å². The Morgan fingerprint density at radius 2 is 1.69 bits per heavy atom. The van der Waals surface area contributed by atoms with Gasteiger partial charge in [0.05, 0.1) is 11.4 Å². The number of aromatic nitrogens is 4. The van der Waals surface area contributed by atoms with Crippen molar-refractivity contribution in [1.82, 2.24) is 19.9 Å². The molecule has 0 unspecified atom stereocenters. The van der Waals surface area contributed by atoms with Crippen LogP contribution < -0.4 is 0 Å². The van der Waals surface area contributed by atoms with Gasteiger partial charge in [-0.25, -0.2) is 4.98 Å². The maximum atomic E-state index is 8.75. The number of nitrogens with zero attached hydrogens (tertiary/aromatic N) is 5. The van der Waals surface area contributed by atoms with Crippen LogP contribution in [0.4, 0.5) is 0 Å². The van der Waals surface area contributed by atoms with E-state index in [-0.39, 0.29) is 11.8 Å². The summed E-state index contributed by atoms with van der Waals surface area (Å²) in [6.07, 6.45) is 4.57. The Bertz CT molecular complexity index is 1710. The number of nitrogens with one attached hydrogen (secondary N) is 2. The summed E-state index contributed by atoms with van der Waals surface area (Å²) in [6.45, 7) is 17.7. The van der Waals surface area contributed by atoms with Gasteiger partial charge in [0.1, 0.15) is 0 Å². The number of H-pyrrole nitrogens is 2. The van der Waals surface area contributed by atoms with E-state index in [1.165, 1.54) is 16.7 Å². The molecule has 0 fully saturated rings. The van der Waals surface area contributed by atoms with Gasteiger partial charge in [0.2, 0.25) is 0 Å². The summed E-state index contributed by atoms with van der Waals surface area (Å²) in [6, 6.07) is 8.75. The molecule has 3 aromatic heterocycles. The third-order valence-electron chi connectivity index (χ3n) is 8.52. The molecule has 0 radical (unpaired) electrons. The van der Waals surface area contributed by atoms with E-state index in [4.69, 9.17) is 15.5 Å². The highest BCUT2D eigenvalue weighted by Gasteiger charge is 2.30. The van der Waals surface area contributed by atoms with E-state index in [0.717, 1.165) is 80.8 Å². The van der Waals surface area contributed by atoms with Crippen LogP contribution in [0.15, 0.2) is 36.0 Å².